The van der Waals surface area contributed by atoms with Crippen LogP contribution in [0, 0.1) is 5.82 Å². The molecular weight excluding hydrogens is 335 g/mol. The van der Waals surface area contributed by atoms with Crippen molar-refractivity contribution < 1.29 is 9.18 Å². The molecule has 126 valence electrons. The molecule has 0 unspecified atom stereocenters. The first-order valence-corrected chi connectivity index (χ1v) is 9.12. The quantitative estimate of drug-likeness (QED) is 0.776. The number of halogens is 1. The summed E-state index contributed by atoms with van der Waals surface area (Å²) in [6.45, 7) is 0. The summed E-state index contributed by atoms with van der Waals surface area (Å²) in [4.78, 5) is 16.7. The number of rotatable bonds is 4. The Balaban J connectivity index is 1.39. The van der Waals surface area contributed by atoms with Crippen molar-refractivity contribution in [3.05, 3.63) is 76.5 Å². The fourth-order valence-electron chi connectivity index (χ4n) is 3.25. The van der Waals surface area contributed by atoms with Gasteiger partial charge < -0.3 is 5.32 Å². The van der Waals surface area contributed by atoms with E-state index >= 15 is 0 Å². The zero-order valence-corrected chi connectivity index (χ0v) is 14.4. The number of amides is 1. The van der Waals surface area contributed by atoms with Gasteiger partial charge in [-0.05, 0) is 36.1 Å². The Labute approximate surface area is 149 Å². The molecule has 0 fully saturated rings. The molecule has 0 spiro atoms. The fourth-order valence-corrected chi connectivity index (χ4v) is 4.10. The van der Waals surface area contributed by atoms with Crippen LogP contribution < -0.4 is 5.32 Å². The second-order valence-corrected chi connectivity index (χ2v) is 7.10. The van der Waals surface area contributed by atoms with Crippen molar-refractivity contribution >= 4 is 17.2 Å². The van der Waals surface area contributed by atoms with Crippen molar-refractivity contribution in [2.75, 3.05) is 0 Å². The van der Waals surface area contributed by atoms with Gasteiger partial charge in [-0.2, -0.15) is 0 Å². The summed E-state index contributed by atoms with van der Waals surface area (Å²) in [7, 11) is 0. The van der Waals surface area contributed by atoms with Gasteiger partial charge in [-0.1, -0.05) is 36.4 Å². The van der Waals surface area contributed by atoms with Crippen LogP contribution in [0.2, 0.25) is 0 Å². The average molecular weight is 352 g/mol. The molecule has 25 heavy (non-hydrogen) atoms. The van der Waals surface area contributed by atoms with Crippen LogP contribution >= 0.6 is 11.3 Å². The standard InChI is InChI=1S/C20H17FN2OS/c21-18-8-4-3-7-17(18)20-23-16(12-25-20)11-19(24)22-15-9-13-5-1-2-6-14(13)10-15/h1-8,12,15H,9-11H2,(H,22,24). The molecule has 4 rings (SSSR count). The van der Waals surface area contributed by atoms with Crippen molar-refractivity contribution in [3.63, 3.8) is 0 Å². The lowest BCUT2D eigenvalue weighted by Gasteiger charge is -2.11. The maximum Gasteiger partial charge on any atom is 0.226 e. The smallest absolute Gasteiger partial charge is 0.226 e. The van der Waals surface area contributed by atoms with E-state index in [1.54, 1.807) is 18.2 Å². The lowest BCUT2D eigenvalue weighted by Crippen LogP contribution is -2.36. The van der Waals surface area contributed by atoms with E-state index in [1.807, 2.05) is 17.5 Å². The molecule has 0 atom stereocenters. The summed E-state index contributed by atoms with van der Waals surface area (Å²) in [5, 5.41) is 5.52. The number of fused-ring (bicyclic) bond motifs is 1. The highest BCUT2D eigenvalue weighted by atomic mass is 32.1. The van der Waals surface area contributed by atoms with Gasteiger partial charge in [0.2, 0.25) is 5.91 Å². The van der Waals surface area contributed by atoms with Gasteiger partial charge in [-0.3, -0.25) is 4.79 Å². The molecule has 2 aromatic carbocycles. The topological polar surface area (TPSA) is 42.0 Å². The maximum atomic E-state index is 13.8. The van der Waals surface area contributed by atoms with Crippen LogP contribution in [0.4, 0.5) is 4.39 Å². The van der Waals surface area contributed by atoms with E-state index < -0.39 is 0 Å². The number of carbonyl (C=O) groups is 1. The molecule has 3 aromatic rings. The van der Waals surface area contributed by atoms with Gasteiger partial charge in [0, 0.05) is 17.0 Å². The Hall–Kier alpha value is -2.53. The lowest BCUT2D eigenvalue weighted by molar-refractivity contribution is -0.121. The third kappa shape index (κ3) is 3.46. The zero-order chi connectivity index (χ0) is 17.2. The first-order chi connectivity index (χ1) is 12.2. The van der Waals surface area contributed by atoms with Crippen LogP contribution in [0.15, 0.2) is 53.9 Å². The van der Waals surface area contributed by atoms with Gasteiger partial charge in [-0.25, -0.2) is 9.37 Å². The van der Waals surface area contributed by atoms with Crippen LogP contribution in [0.5, 0.6) is 0 Å². The summed E-state index contributed by atoms with van der Waals surface area (Å²) in [5.41, 5.74) is 3.77. The van der Waals surface area contributed by atoms with Gasteiger partial charge in [0.05, 0.1) is 12.1 Å². The predicted octanol–water partition coefficient (Wildman–Crippen LogP) is 3.78. The second kappa shape index (κ2) is 6.76. The number of benzene rings is 2. The molecule has 1 amide bonds. The summed E-state index contributed by atoms with van der Waals surface area (Å²) >= 11 is 1.36. The number of nitrogens with one attached hydrogen (secondary N) is 1. The van der Waals surface area contributed by atoms with Gasteiger partial charge in [0.15, 0.2) is 0 Å². The van der Waals surface area contributed by atoms with E-state index in [0.29, 0.717) is 16.3 Å². The predicted molar refractivity (Wildman–Crippen MR) is 97.0 cm³/mol. The molecule has 3 nitrogen and oxygen atoms in total. The molecule has 1 N–H and O–H groups in total. The first-order valence-electron chi connectivity index (χ1n) is 8.24. The van der Waals surface area contributed by atoms with Gasteiger partial charge in [0.1, 0.15) is 10.8 Å². The molecule has 0 saturated heterocycles. The molecule has 0 bridgehead atoms. The monoisotopic (exact) mass is 352 g/mol. The molecule has 0 saturated carbocycles. The van der Waals surface area contributed by atoms with Crippen LogP contribution in [-0.2, 0) is 24.1 Å². The highest BCUT2D eigenvalue weighted by molar-refractivity contribution is 7.13. The molecule has 1 aliphatic rings. The molecule has 5 heteroatoms. The number of hydrogen-bond acceptors (Lipinski definition) is 3. The summed E-state index contributed by atoms with van der Waals surface area (Å²) in [6.07, 6.45) is 1.97. The molecule has 1 aromatic heterocycles. The second-order valence-electron chi connectivity index (χ2n) is 6.24. The largest absolute Gasteiger partial charge is 0.352 e. The SMILES string of the molecule is O=C(Cc1csc(-c2ccccc2F)n1)NC1Cc2ccccc2C1. The van der Waals surface area contributed by atoms with E-state index in [2.05, 4.69) is 22.4 Å². The number of thiazole rings is 1. The molecule has 1 heterocycles. The normalized spacial score (nSPS) is 13.6. The van der Waals surface area contributed by atoms with Gasteiger partial charge in [-0.15, -0.1) is 11.3 Å². The fraction of sp³-hybridized carbons (Fsp3) is 0.200. The van der Waals surface area contributed by atoms with Crippen molar-refractivity contribution in [2.24, 2.45) is 0 Å². The Morgan fingerprint density at radius 3 is 2.52 bits per heavy atom. The highest BCUT2D eigenvalue weighted by Crippen LogP contribution is 2.26. The van der Waals surface area contributed by atoms with Crippen LogP contribution in [0.3, 0.4) is 0 Å². The molecule has 0 aliphatic heterocycles. The van der Waals surface area contributed by atoms with Crippen LogP contribution in [-0.4, -0.2) is 16.9 Å². The Morgan fingerprint density at radius 2 is 1.80 bits per heavy atom. The van der Waals surface area contributed by atoms with Crippen molar-refractivity contribution in [1.29, 1.82) is 0 Å². The van der Waals surface area contributed by atoms with Crippen molar-refractivity contribution in [3.8, 4) is 10.6 Å². The third-order valence-electron chi connectivity index (χ3n) is 4.41. The molecule has 0 radical (unpaired) electrons. The molecule has 1 aliphatic carbocycles. The minimum absolute atomic E-state index is 0.0387. The molecular formula is C20H17FN2OS. The van der Waals surface area contributed by atoms with Crippen molar-refractivity contribution in [1.82, 2.24) is 10.3 Å². The van der Waals surface area contributed by atoms with Gasteiger partial charge >= 0.3 is 0 Å². The third-order valence-corrected chi connectivity index (χ3v) is 5.34. The summed E-state index contributed by atoms with van der Waals surface area (Å²) in [6, 6.07) is 15.0. The van der Waals surface area contributed by atoms with E-state index in [0.717, 1.165) is 12.8 Å². The Bertz CT molecular complexity index is 896. The van der Waals surface area contributed by atoms with E-state index in [-0.39, 0.29) is 24.2 Å². The van der Waals surface area contributed by atoms with Crippen LogP contribution in [0.1, 0.15) is 16.8 Å². The van der Waals surface area contributed by atoms with Crippen LogP contribution in [0.25, 0.3) is 10.6 Å². The van der Waals surface area contributed by atoms with Crippen molar-refractivity contribution in [2.45, 2.75) is 25.3 Å². The van der Waals surface area contributed by atoms with E-state index in [1.165, 1.54) is 28.5 Å². The first kappa shape index (κ1) is 16.0. The number of aromatic nitrogens is 1. The summed E-state index contributed by atoms with van der Waals surface area (Å²) in [5.74, 6) is -0.334. The minimum atomic E-state index is -0.295. The number of carbonyl (C=O) groups excluding carboxylic acids is 1. The van der Waals surface area contributed by atoms with E-state index in [9.17, 15) is 9.18 Å². The van der Waals surface area contributed by atoms with Gasteiger partial charge in [0.25, 0.3) is 0 Å². The number of hydrogen-bond donors (Lipinski definition) is 1. The van der Waals surface area contributed by atoms with E-state index in [4.69, 9.17) is 0 Å². The average Bonchev–Trinajstić information content (AvgIpc) is 3.21. The summed E-state index contributed by atoms with van der Waals surface area (Å²) < 4.78 is 13.8. The highest BCUT2D eigenvalue weighted by Gasteiger charge is 2.22. The Morgan fingerprint density at radius 1 is 1.12 bits per heavy atom. The zero-order valence-electron chi connectivity index (χ0n) is 13.5. The Kier molecular flexibility index (Phi) is 4.32. The number of nitrogens with zero attached hydrogens (tertiary/aromatic N) is 1. The lowest BCUT2D eigenvalue weighted by atomic mass is 10.1. The maximum absolute atomic E-state index is 13.8. The minimum Gasteiger partial charge on any atom is -0.352 e.